The van der Waals surface area contributed by atoms with Crippen molar-refractivity contribution in [1.29, 1.82) is 0 Å². The molecule has 1 aliphatic carbocycles. The number of aryl methyl sites for hydroxylation is 2. The van der Waals surface area contributed by atoms with E-state index in [4.69, 9.17) is 21.1 Å². The van der Waals surface area contributed by atoms with Gasteiger partial charge >= 0.3 is 11.9 Å². The molecule has 0 saturated heterocycles. The minimum atomic E-state index is -0.739. The maximum absolute atomic E-state index is 12.7. The molecule has 0 spiro atoms. The monoisotopic (exact) mass is 515 g/mol. The molecule has 1 aromatic carbocycles. The number of hydrogen-bond acceptors (Lipinski definition) is 7. The highest BCUT2D eigenvalue weighted by Gasteiger charge is 2.27. The van der Waals surface area contributed by atoms with E-state index in [1.807, 2.05) is 30.3 Å². The van der Waals surface area contributed by atoms with Crippen LogP contribution in [0.2, 0.25) is 5.15 Å². The molecule has 2 aromatic heterocycles. The summed E-state index contributed by atoms with van der Waals surface area (Å²) < 4.78 is 11.7. The van der Waals surface area contributed by atoms with Crippen LogP contribution in [0.3, 0.4) is 0 Å². The molecule has 3 aromatic rings. The molecule has 4 rings (SSSR count). The number of nitrogens with zero attached hydrogens (tertiary/aromatic N) is 2. The lowest BCUT2D eigenvalue weighted by Gasteiger charge is -2.08. The fraction of sp³-hybridized carbons (Fsp3) is 0.360. The number of benzene rings is 1. The lowest BCUT2D eigenvalue weighted by molar-refractivity contribution is -0.119. The van der Waals surface area contributed by atoms with Gasteiger partial charge in [0.25, 0.3) is 5.91 Å². The van der Waals surface area contributed by atoms with Crippen molar-refractivity contribution in [3.8, 4) is 0 Å². The minimum absolute atomic E-state index is 0.119. The highest BCUT2D eigenvalue weighted by atomic mass is 35.5. The number of esters is 2. The largest absolute Gasteiger partial charge is 0.465 e. The van der Waals surface area contributed by atoms with Gasteiger partial charge in [-0.25, -0.2) is 14.3 Å². The molecule has 10 heteroatoms. The number of thiophene rings is 1. The van der Waals surface area contributed by atoms with Crippen LogP contribution in [0.5, 0.6) is 0 Å². The Bertz CT molecular complexity index is 1250. The molecule has 0 aliphatic heterocycles. The van der Waals surface area contributed by atoms with Crippen LogP contribution >= 0.6 is 22.9 Å². The SMILES string of the molecule is COC(=O)c1c(NC(=O)COC(=O)c2c(C)nn(Cc3ccccc3)c2Cl)sc2c1CCCCC2. The zero-order valence-electron chi connectivity index (χ0n) is 19.6. The Labute approximate surface area is 212 Å². The summed E-state index contributed by atoms with van der Waals surface area (Å²) in [6.07, 6.45) is 4.75. The van der Waals surface area contributed by atoms with Gasteiger partial charge < -0.3 is 14.8 Å². The van der Waals surface area contributed by atoms with Crippen LogP contribution in [0.15, 0.2) is 30.3 Å². The van der Waals surface area contributed by atoms with Gasteiger partial charge in [0.1, 0.15) is 15.7 Å². The predicted octanol–water partition coefficient (Wildman–Crippen LogP) is 4.81. The normalized spacial score (nSPS) is 13.0. The van der Waals surface area contributed by atoms with Gasteiger partial charge in [0.05, 0.1) is 24.9 Å². The molecule has 1 amide bonds. The van der Waals surface area contributed by atoms with Crippen molar-refractivity contribution in [3.63, 3.8) is 0 Å². The summed E-state index contributed by atoms with van der Waals surface area (Å²) >= 11 is 7.79. The number of halogens is 1. The van der Waals surface area contributed by atoms with E-state index in [1.54, 1.807) is 6.92 Å². The first kappa shape index (κ1) is 24.9. The number of fused-ring (bicyclic) bond motifs is 1. The molecule has 2 heterocycles. The van der Waals surface area contributed by atoms with Crippen molar-refractivity contribution in [2.75, 3.05) is 19.0 Å². The molecule has 8 nitrogen and oxygen atoms in total. The van der Waals surface area contributed by atoms with Gasteiger partial charge in [-0.3, -0.25) is 4.79 Å². The third-order valence-electron chi connectivity index (χ3n) is 5.84. The summed E-state index contributed by atoms with van der Waals surface area (Å²) in [6.45, 7) is 1.53. The van der Waals surface area contributed by atoms with Gasteiger partial charge in [0.15, 0.2) is 6.61 Å². The topological polar surface area (TPSA) is 99.5 Å². The van der Waals surface area contributed by atoms with Crippen molar-refractivity contribution in [2.45, 2.75) is 45.6 Å². The number of anilines is 1. The standard InChI is InChI=1S/C25H26ClN3O5S/c1-15-20(22(26)29(28-15)13-16-9-5-3-6-10-16)25(32)34-14-19(30)27-23-21(24(31)33-2)17-11-7-4-8-12-18(17)35-23/h3,5-6,9-10H,4,7-8,11-14H2,1-2H3,(H,27,30). The second-order valence-corrected chi connectivity index (χ2v) is 9.74. The fourth-order valence-electron chi connectivity index (χ4n) is 4.16. The van der Waals surface area contributed by atoms with Crippen LogP contribution in [-0.4, -0.2) is 41.3 Å². The minimum Gasteiger partial charge on any atom is -0.465 e. The van der Waals surface area contributed by atoms with Crippen molar-refractivity contribution >= 4 is 45.8 Å². The van der Waals surface area contributed by atoms with Crippen molar-refractivity contribution in [1.82, 2.24) is 9.78 Å². The Hall–Kier alpha value is -3.17. The zero-order valence-corrected chi connectivity index (χ0v) is 21.1. The molecule has 0 bridgehead atoms. The second kappa shape index (κ2) is 11.0. The number of carbonyl (C=O) groups is 3. The Balaban J connectivity index is 1.43. The fourth-order valence-corrected chi connectivity index (χ4v) is 5.77. The molecule has 0 atom stereocenters. The predicted molar refractivity (Wildman–Crippen MR) is 133 cm³/mol. The molecule has 35 heavy (non-hydrogen) atoms. The Kier molecular flexibility index (Phi) is 7.87. The maximum Gasteiger partial charge on any atom is 0.343 e. The van der Waals surface area contributed by atoms with E-state index >= 15 is 0 Å². The Morgan fingerprint density at radius 2 is 1.83 bits per heavy atom. The molecule has 184 valence electrons. The highest BCUT2D eigenvalue weighted by Crippen LogP contribution is 2.38. The van der Waals surface area contributed by atoms with Crippen LogP contribution < -0.4 is 5.32 Å². The summed E-state index contributed by atoms with van der Waals surface area (Å²) in [5.41, 5.74) is 2.85. The summed E-state index contributed by atoms with van der Waals surface area (Å²) in [6, 6.07) is 9.59. The summed E-state index contributed by atoms with van der Waals surface area (Å²) in [5.74, 6) is -1.77. The number of ether oxygens (including phenoxy) is 2. The smallest absolute Gasteiger partial charge is 0.343 e. The van der Waals surface area contributed by atoms with Crippen LogP contribution in [0.4, 0.5) is 5.00 Å². The molecule has 1 N–H and O–H groups in total. The van der Waals surface area contributed by atoms with Crippen LogP contribution in [0.1, 0.15) is 61.7 Å². The Morgan fingerprint density at radius 1 is 1.09 bits per heavy atom. The van der Waals surface area contributed by atoms with Crippen LogP contribution in [0, 0.1) is 6.92 Å². The van der Waals surface area contributed by atoms with Crippen molar-refractivity contribution in [3.05, 3.63) is 68.3 Å². The van der Waals surface area contributed by atoms with E-state index in [1.165, 1.54) is 23.1 Å². The highest BCUT2D eigenvalue weighted by molar-refractivity contribution is 7.17. The van der Waals surface area contributed by atoms with E-state index in [0.717, 1.165) is 48.1 Å². The molecule has 1 aliphatic rings. The summed E-state index contributed by atoms with van der Waals surface area (Å²) in [7, 11) is 1.32. The van der Waals surface area contributed by atoms with Gasteiger partial charge in [-0.15, -0.1) is 11.3 Å². The first-order valence-corrected chi connectivity index (χ1v) is 12.5. The van der Waals surface area contributed by atoms with Gasteiger partial charge in [0, 0.05) is 4.88 Å². The van der Waals surface area contributed by atoms with E-state index in [0.29, 0.717) is 22.8 Å². The lowest BCUT2D eigenvalue weighted by Crippen LogP contribution is -2.22. The number of carbonyl (C=O) groups excluding carboxylic acids is 3. The number of aromatic nitrogens is 2. The number of nitrogens with one attached hydrogen (secondary N) is 1. The van der Waals surface area contributed by atoms with Crippen molar-refractivity contribution < 1.29 is 23.9 Å². The van der Waals surface area contributed by atoms with Crippen molar-refractivity contribution in [2.24, 2.45) is 0 Å². The average molecular weight is 516 g/mol. The van der Waals surface area contributed by atoms with E-state index in [-0.39, 0.29) is 10.7 Å². The average Bonchev–Trinajstić information content (AvgIpc) is 3.21. The van der Waals surface area contributed by atoms with Gasteiger partial charge in [0.2, 0.25) is 0 Å². The van der Waals surface area contributed by atoms with Gasteiger partial charge in [-0.1, -0.05) is 48.4 Å². The molecule has 0 fully saturated rings. The Morgan fingerprint density at radius 3 is 2.57 bits per heavy atom. The third-order valence-corrected chi connectivity index (χ3v) is 7.43. The van der Waals surface area contributed by atoms with Gasteiger partial charge in [-0.05, 0) is 43.7 Å². The summed E-state index contributed by atoms with van der Waals surface area (Å²) in [5, 5.41) is 7.64. The first-order chi connectivity index (χ1) is 16.9. The molecule has 0 saturated carbocycles. The van der Waals surface area contributed by atoms with E-state index in [9.17, 15) is 14.4 Å². The van der Waals surface area contributed by atoms with Crippen LogP contribution in [0.25, 0.3) is 0 Å². The summed E-state index contributed by atoms with van der Waals surface area (Å²) in [4.78, 5) is 38.9. The molecular weight excluding hydrogens is 490 g/mol. The second-order valence-electron chi connectivity index (χ2n) is 8.28. The van der Waals surface area contributed by atoms with E-state index in [2.05, 4.69) is 10.4 Å². The molecular formula is C25H26ClN3O5S. The zero-order chi connectivity index (χ0) is 24.9. The maximum atomic E-state index is 12.7. The number of methoxy groups -OCH3 is 1. The molecule has 0 unspecified atom stereocenters. The quantitative estimate of drug-likeness (QED) is 0.358. The van der Waals surface area contributed by atoms with Gasteiger partial charge in [-0.2, -0.15) is 5.10 Å². The number of hydrogen-bond donors (Lipinski definition) is 1. The number of amides is 1. The third kappa shape index (κ3) is 5.57. The molecule has 0 radical (unpaired) electrons. The van der Waals surface area contributed by atoms with E-state index < -0.39 is 24.5 Å². The van der Waals surface area contributed by atoms with Crippen LogP contribution in [-0.2, 0) is 33.7 Å². The number of rotatable bonds is 7. The first-order valence-electron chi connectivity index (χ1n) is 11.4. The lowest BCUT2D eigenvalue weighted by atomic mass is 10.1.